The van der Waals surface area contributed by atoms with Crippen LogP contribution in [0.1, 0.15) is 44.1 Å². The summed E-state index contributed by atoms with van der Waals surface area (Å²) >= 11 is 0. The standard InChI is InChI=1S/C17H26N2O/c1-4-5-7-10-14(2)16(13-19(3)17(18)20)15-11-8-6-9-12-15/h6,8-9,11-12,16H,2,4-5,7,10,13H2,1,3H3,(H2,18,20). The first-order chi connectivity index (χ1) is 9.56. The zero-order valence-corrected chi connectivity index (χ0v) is 12.6. The second-order valence-electron chi connectivity index (χ2n) is 5.30. The highest BCUT2D eigenvalue weighted by atomic mass is 16.2. The topological polar surface area (TPSA) is 46.3 Å². The molecule has 0 aromatic heterocycles. The summed E-state index contributed by atoms with van der Waals surface area (Å²) < 4.78 is 0. The van der Waals surface area contributed by atoms with Crippen LogP contribution in [0.2, 0.25) is 0 Å². The van der Waals surface area contributed by atoms with Crippen LogP contribution in [0, 0.1) is 0 Å². The second kappa shape index (κ2) is 8.41. The van der Waals surface area contributed by atoms with Gasteiger partial charge in [0, 0.05) is 19.5 Å². The molecule has 0 saturated heterocycles. The lowest BCUT2D eigenvalue weighted by Gasteiger charge is -2.25. The Morgan fingerprint density at radius 3 is 2.50 bits per heavy atom. The van der Waals surface area contributed by atoms with Crippen molar-refractivity contribution in [2.75, 3.05) is 13.6 Å². The molecule has 2 N–H and O–H groups in total. The number of nitrogens with two attached hydrogens (primary N) is 1. The van der Waals surface area contributed by atoms with Crippen molar-refractivity contribution in [2.45, 2.75) is 38.5 Å². The monoisotopic (exact) mass is 274 g/mol. The van der Waals surface area contributed by atoms with Crippen molar-refractivity contribution in [2.24, 2.45) is 5.73 Å². The average Bonchev–Trinajstić information content (AvgIpc) is 2.45. The minimum absolute atomic E-state index is 0.158. The molecule has 0 spiro atoms. The average molecular weight is 274 g/mol. The van der Waals surface area contributed by atoms with Gasteiger partial charge in [-0.15, -0.1) is 0 Å². The number of hydrogen-bond donors (Lipinski definition) is 1. The van der Waals surface area contributed by atoms with Crippen molar-refractivity contribution < 1.29 is 4.79 Å². The van der Waals surface area contributed by atoms with E-state index in [1.165, 1.54) is 24.0 Å². The number of hydrogen-bond acceptors (Lipinski definition) is 1. The molecule has 0 aliphatic carbocycles. The molecule has 20 heavy (non-hydrogen) atoms. The first-order valence-electron chi connectivity index (χ1n) is 7.29. The van der Waals surface area contributed by atoms with Gasteiger partial charge in [-0.05, 0) is 18.4 Å². The van der Waals surface area contributed by atoms with E-state index < -0.39 is 6.03 Å². The van der Waals surface area contributed by atoms with E-state index in [-0.39, 0.29) is 5.92 Å². The Morgan fingerprint density at radius 1 is 1.30 bits per heavy atom. The van der Waals surface area contributed by atoms with Crippen LogP contribution in [0.4, 0.5) is 4.79 Å². The molecule has 1 atom stereocenters. The molecule has 0 heterocycles. The second-order valence-corrected chi connectivity index (χ2v) is 5.30. The maximum atomic E-state index is 11.3. The quantitative estimate of drug-likeness (QED) is 0.567. The van der Waals surface area contributed by atoms with Gasteiger partial charge >= 0.3 is 6.03 Å². The van der Waals surface area contributed by atoms with E-state index in [0.717, 1.165) is 12.8 Å². The summed E-state index contributed by atoms with van der Waals surface area (Å²) in [5.74, 6) is 0.158. The fraction of sp³-hybridized carbons (Fsp3) is 0.471. The minimum Gasteiger partial charge on any atom is -0.351 e. The largest absolute Gasteiger partial charge is 0.351 e. The maximum absolute atomic E-state index is 11.3. The maximum Gasteiger partial charge on any atom is 0.314 e. The third kappa shape index (κ3) is 5.08. The molecule has 0 bridgehead atoms. The van der Waals surface area contributed by atoms with E-state index >= 15 is 0 Å². The number of nitrogens with zero attached hydrogens (tertiary/aromatic N) is 1. The zero-order valence-electron chi connectivity index (χ0n) is 12.6. The van der Waals surface area contributed by atoms with Crippen molar-refractivity contribution in [1.29, 1.82) is 0 Å². The summed E-state index contributed by atoms with van der Waals surface area (Å²) in [5.41, 5.74) is 7.72. The van der Waals surface area contributed by atoms with Crippen LogP contribution in [-0.4, -0.2) is 24.5 Å². The summed E-state index contributed by atoms with van der Waals surface area (Å²) in [7, 11) is 1.73. The van der Waals surface area contributed by atoms with Crippen molar-refractivity contribution in [3.8, 4) is 0 Å². The van der Waals surface area contributed by atoms with Gasteiger partial charge in [-0.1, -0.05) is 62.2 Å². The van der Waals surface area contributed by atoms with Crippen LogP contribution in [0.5, 0.6) is 0 Å². The van der Waals surface area contributed by atoms with E-state index in [0.29, 0.717) is 6.54 Å². The molecule has 0 radical (unpaired) electrons. The number of benzene rings is 1. The van der Waals surface area contributed by atoms with Gasteiger partial charge in [0.1, 0.15) is 0 Å². The van der Waals surface area contributed by atoms with Gasteiger partial charge in [-0.25, -0.2) is 4.79 Å². The Bertz CT molecular complexity index is 428. The summed E-state index contributed by atoms with van der Waals surface area (Å²) in [4.78, 5) is 12.8. The molecule has 0 saturated carbocycles. The predicted octanol–water partition coefficient (Wildman–Crippen LogP) is 3.92. The fourth-order valence-corrected chi connectivity index (χ4v) is 2.30. The highest BCUT2D eigenvalue weighted by Gasteiger charge is 2.18. The summed E-state index contributed by atoms with van der Waals surface area (Å²) in [6.07, 6.45) is 4.57. The Balaban J connectivity index is 2.79. The first-order valence-corrected chi connectivity index (χ1v) is 7.29. The molecule has 3 heteroatoms. The van der Waals surface area contributed by atoms with Gasteiger partial charge in [0.25, 0.3) is 0 Å². The highest BCUT2D eigenvalue weighted by molar-refractivity contribution is 5.71. The Morgan fingerprint density at radius 2 is 1.95 bits per heavy atom. The Hall–Kier alpha value is -1.77. The van der Waals surface area contributed by atoms with Crippen LogP contribution >= 0.6 is 0 Å². The van der Waals surface area contributed by atoms with Gasteiger partial charge in [-0.2, -0.15) is 0 Å². The van der Waals surface area contributed by atoms with Crippen LogP contribution in [0.15, 0.2) is 42.5 Å². The van der Waals surface area contributed by atoms with Gasteiger partial charge < -0.3 is 10.6 Å². The van der Waals surface area contributed by atoms with Gasteiger partial charge in [0.05, 0.1) is 0 Å². The van der Waals surface area contributed by atoms with Crippen molar-refractivity contribution in [1.82, 2.24) is 4.90 Å². The third-order valence-electron chi connectivity index (χ3n) is 3.63. The van der Waals surface area contributed by atoms with Crippen LogP contribution in [0.25, 0.3) is 0 Å². The molecule has 2 amide bonds. The highest BCUT2D eigenvalue weighted by Crippen LogP contribution is 2.27. The molecule has 1 aromatic carbocycles. The smallest absolute Gasteiger partial charge is 0.314 e. The molecule has 110 valence electrons. The van der Waals surface area contributed by atoms with Gasteiger partial charge in [0.2, 0.25) is 0 Å². The Labute approximate surface area is 122 Å². The molecular weight excluding hydrogens is 248 g/mol. The molecule has 1 rings (SSSR count). The number of primary amides is 1. The van der Waals surface area contributed by atoms with Crippen molar-refractivity contribution in [3.63, 3.8) is 0 Å². The summed E-state index contributed by atoms with van der Waals surface area (Å²) in [6, 6.07) is 9.82. The molecule has 0 aliphatic rings. The number of urea groups is 1. The predicted molar refractivity (Wildman–Crippen MR) is 84.7 cm³/mol. The number of unbranched alkanes of at least 4 members (excludes halogenated alkanes) is 2. The van der Waals surface area contributed by atoms with Crippen LogP contribution in [-0.2, 0) is 0 Å². The summed E-state index contributed by atoms with van der Waals surface area (Å²) in [6.45, 7) is 7.02. The lowest BCUT2D eigenvalue weighted by Crippen LogP contribution is -2.35. The number of carbonyl (C=O) groups excluding carboxylic acids is 1. The zero-order chi connectivity index (χ0) is 15.0. The van der Waals surface area contributed by atoms with Gasteiger partial charge in [-0.3, -0.25) is 0 Å². The molecule has 3 nitrogen and oxygen atoms in total. The van der Waals surface area contributed by atoms with E-state index in [9.17, 15) is 4.79 Å². The van der Waals surface area contributed by atoms with Crippen molar-refractivity contribution in [3.05, 3.63) is 48.0 Å². The van der Waals surface area contributed by atoms with E-state index in [1.54, 1.807) is 11.9 Å². The number of rotatable bonds is 8. The third-order valence-corrected chi connectivity index (χ3v) is 3.63. The van der Waals surface area contributed by atoms with E-state index in [2.05, 4.69) is 25.6 Å². The van der Waals surface area contributed by atoms with Gasteiger partial charge in [0.15, 0.2) is 0 Å². The number of amides is 2. The molecule has 0 aliphatic heterocycles. The number of likely N-dealkylation sites (N-methyl/N-ethyl adjacent to an activating group) is 1. The van der Waals surface area contributed by atoms with E-state index in [1.807, 2.05) is 18.2 Å². The number of carbonyl (C=O) groups is 1. The lowest BCUT2D eigenvalue weighted by atomic mass is 9.88. The summed E-state index contributed by atoms with van der Waals surface area (Å²) in [5, 5.41) is 0. The lowest BCUT2D eigenvalue weighted by molar-refractivity contribution is 0.217. The van der Waals surface area contributed by atoms with Crippen LogP contribution < -0.4 is 5.73 Å². The SMILES string of the molecule is C=C(CCCCC)C(CN(C)C(N)=O)c1ccccc1. The van der Waals surface area contributed by atoms with E-state index in [4.69, 9.17) is 5.73 Å². The molecule has 0 fully saturated rings. The first kappa shape index (κ1) is 16.3. The molecule has 1 aromatic rings. The molecule has 1 unspecified atom stereocenters. The molecular formula is C17H26N2O. The van der Waals surface area contributed by atoms with Crippen molar-refractivity contribution >= 4 is 6.03 Å². The Kier molecular flexibility index (Phi) is 6.85. The minimum atomic E-state index is -0.396. The fourth-order valence-electron chi connectivity index (χ4n) is 2.30. The normalized spacial score (nSPS) is 11.9. The van der Waals surface area contributed by atoms with Crippen LogP contribution in [0.3, 0.4) is 0 Å².